The number of nitrogens with zero attached hydrogens (tertiary/aromatic N) is 4. The van der Waals surface area contributed by atoms with Crippen molar-refractivity contribution in [2.75, 3.05) is 32.5 Å². The van der Waals surface area contributed by atoms with E-state index in [9.17, 15) is 5.26 Å². The molecule has 0 aliphatic carbocycles. The van der Waals surface area contributed by atoms with Crippen molar-refractivity contribution >= 4 is 34.4 Å². The maximum Gasteiger partial charge on any atom is 0.103 e. The monoisotopic (exact) mass is 479 g/mol. The summed E-state index contributed by atoms with van der Waals surface area (Å²) in [7, 11) is 4.18. The number of rotatable bonds is 10. The molecular weight excluding hydrogens is 446 g/mol. The molecule has 7 heteroatoms. The van der Waals surface area contributed by atoms with Crippen LogP contribution in [0.15, 0.2) is 48.9 Å². The molecule has 0 atom stereocenters. The predicted octanol–water partition coefficient (Wildman–Crippen LogP) is 5.40. The second-order valence-electron chi connectivity index (χ2n) is 9.22. The fourth-order valence-electron chi connectivity index (χ4n) is 4.16. The molecule has 0 bridgehead atoms. The van der Waals surface area contributed by atoms with Crippen LogP contribution in [0.3, 0.4) is 0 Å². The van der Waals surface area contributed by atoms with E-state index in [-0.39, 0.29) is 0 Å². The van der Waals surface area contributed by atoms with E-state index in [4.69, 9.17) is 0 Å². The first-order valence-electron chi connectivity index (χ1n) is 12.2. The zero-order chi connectivity index (χ0) is 25.5. The second-order valence-corrected chi connectivity index (χ2v) is 9.22. The van der Waals surface area contributed by atoms with E-state index in [1.165, 1.54) is 0 Å². The zero-order valence-electron chi connectivity index (χ0n) is 21.4. The van der Waals surface area contributed by atoms with Crippen LogP contribution in [-0.2, 0) is 6.54 Å². The Balaban J connectivity index is 1.52. The molecule has 3 aromatic heterocycles. The Hall–Kier alpha value is -3.99. The minimum absolute atomic E-state index is 0.498. The van der Waals surface area contributed by atoms with Gasteiger partial charge in [0.25, 0.3) is 0 Å². The molecule has 0 saturated carbocycles. The first-order valence-corrected chi connectivity index (χ1v) is 12.2. The molecular formula is C29H33N7. The van der Waals surface area contributed by atoms with Gasteiger partial charge in [-0.05, 0) is 95.0 Å². The van der Waals surface area contributed by atoms with Crippen molar-refractivity contribution in [2.45, 2.75) is 26.8 Å². The smallest absolute Gasteiger partial charge is 0.103 e. The van der Waals surface area contributed by atoms with Crippen molar-refractivity contribution in [3.05, 3.63) is 82.6 Å². The number of nitriles is 1. The molecule has 0 saturated heterocycles. The molecule has 4 rings (SSSR count). The Morgan fingerprint density at radius 3 is 2.67 bits per heavy atom. The number of aryl methyl sites for hydroxylation is 2. The van der Waals surface area contributed by atoms with Gasteiger partial charge < -0.3 is 20.5 Å². The third-order valence-electron chi connectivity index (χ3n) is 6.26. The molecule has 184 valence electrons. The number of hydrogen-bond donors (Lipinski definition) is 3. The number of H-pyrrole nitrogens is 1. The molecule has 0 amide bonds. The van der Waals surface area contributed by atoms with Crippen molar-refractivity contribution < 1.29 is 0 Å². The topological polar surface area (TPSA) is 92.7 Å². The van der Waals surface area contributed by atoms with Gasteiger partial charge in [-0.3, -0.25) is 9.97 Å². The highest BCUT2D eigenvalue weighted by Gasteiger charge is 2.13. The van der Waals surface area contributed by atoms with Crippen LogP contribution in [0.25, 0.3) is 23.1 Å². The minimum atomic E-state index is 0.498. The van der Waals surface area contributed by atoms with E-state index in [2.05, 4.69) is 69.7 Å². The normalized spacial score (nSPS) is 11.4. The standard InChI is InChI=1S/C29H33N7/c1-20-25-12-14-32-28(25)11-10-27(20)35-29-23(16-30)19-33-21(2)26(29)9-8-24-7-6-22(18-34-24)17-31-13-5-15-36(3)4/h6-12,14,18-19,31-32H,5,13,15,17H2,1-4H3,(H,33,35). The lowest BCUT2D eigenvalue weighted by molar-refractivity contribution is 0.394. The lowest BCUT2D eigenvalue weighted by Gasteiger charge is -2.15. The number of anilines is 2. The Bertz CT molecular complexity index is 1390. The van der Waals surface area contributed by atoms with Crippen LogP contribution in [0.2, 0.25) is 0 Å². The van der Waals surface area contributed by atoms with Gasteiger partial charge in [0.2, 0.25) is 0 Å². The second kappa shape index (κ2) is 11.6. The van der Waals surface area contributed by atoms with Crippen LogP contribution < -0.4 is 10.6 Å². The Labute approximate surface area is 212 Å². The van der Waals surface area contributed by atoms with Gasteiger partial charge >= 0.3 is 0 Å². The van der Waals surface area contributed by atoms with Gasteiger partial charge in [0.15, 0.2) is 0 Å². The molecule has 0 radical (unpaired) electrons. The lowest BCUT2D eigenvalue weighted by atomic mass is 10.0. The maximum absolute atomic E-state index is 9.79. The highest BCUT2D eigenvalue weighted by molar-refractivity contribution is 5.90. The quantitative estimate of drug-likeness (QED) is 0.264. The van der Waals surface area contributed by atoms with E-state index < -0.39 is 0 Å². The van der Waals surface area contributed by atoms with Crippen LogP contribution in [0.1, 0.15) is 40.1 Å². The van der Waals surface area contributed by atoms with Crippen molar-refractivity contribution in [3.8, 4) is 6.07 Å². The first-order chi connectivity index (χ1) is 17.5. The van der Waals surface area contributed by atoms with Gasteiger partial charge in [-0.1, -0.05) is 6.07 Å². The fourth-order valence-corrected chi connectivity index (χ4v) is 4.16. The number of aromatic amines is 1. The van der Waals surface area contributed by atoms with Crippen LogP contribution in [0, 0.1) is 25.2 Å². The molecule has 3 N–H and O–H groups in total. The van der Waals surface area contributed by atoms with Gasteiger partial charge in [-0.15, -0.1) is 0 Å². The molecule has 36 heavy (non-hydrogen) atoms. The summed E-state index contributed by atoms with van der Waals surface area (Å²) in [5.41, 5.74) is 8.12. The molecule has 3 heterocycles. The van der Waals surface area contributed by atoms with Crippen molar-refractivity contribution in [1.82, 2.24) is 25.2 Å². The highest BCUT2D eigenvalue weighted by atomic mass is 15.1. The molecule has 0 spiro atoms. The van der Waals surface area contributed by atoms with E-state index in [1.807, 2.05) is 49.7 Å². The number of benzene rings is 1. The molecule has 0 fully saturated rings. The van der Waals surface area contributed by atoms with Crippen LogP contribution in [0.4, 0.5) is 11.4 Å². The predicted molar refractivity (Wildman–Crippen MR) is 148 cm³/mol. The van der Waals surface area contributed by atoms with Crippen LogP contribution in [-0.4, -0.2) is 47.0 Å². The third kappa shape index (κ3) is 5.98. The molecule has 0 aliphatic rings. The average Bonchev–Trinajstić information content (AvgIpc) is 3.36. The zero-order valence-corrected chi connectivity index (χ0v) is 21.4. The summed E-state index contributed by atoms with van der Waals surface area (Å²) in [6.07, 6.45) is 10.5. The summed E-state index contributed by atoms with van der Waals surface area (Å²) >= 11 is 0. The summed E-state index contributed by atoms with van der Waals surface area (Å²) in [5.74, 6) is 0. The lowest BCUT2D eigenvalue weighted by Crippen LogP contribution is -2.21. The number of pyridine rings is 2. The van der Waals surface area contributed by atoms with Crippen LogP contribution >= 0.6 is 0 Å². The molecule has 0 unspecified atom stereocenters. The van der Waals surface area contributed by atoms with Gasteiger partial charge in [0.05, 0.1) is 16.9 Å². The van der Waals surface area contributed by atoms with E-state index in [1.54, 1.807) is 6.20 Å². The van der Waals surface area contributed by atoms with Gasteiger partial charge in [-0.25, -0.2) is 0 Å². The summed E-state index contributed by atoms with van der Waals surface area (Å²) in [4.78, 5) is 14.5. The van der Waals surface area contributed by atoms with E-state index >= 15 is 0 Å². The maximum atomic E-state index is 9.79. The summed E-state index contributed by atoms with van der Waals surface area (Å²) in [6, 6.07) is 12.5. The fraction of sp³-hybridized carbons (Fsp3) is 0.276. The SMILES string of the molecule is Cc1ncc(C#N)c(Nc2ccc3[nH]ccc3c2C)c1C=Cc1ccc(CNCCCN(C)C)cn1. The number of aromatic nitrogens is 3. The van der Waals surface area contributed by atoms with E-state index in [0.29, 0.717) is 5.56 Å². The van der Waals surface area contributed by atoms with Gasteiger partial charge in [-0.2, -0.15) is 5.26 Å². The van der Waals surface area contributed by atoms with Crippen LogP contribution in [0.5, 0.6) is 0 Å². The van der Waals surface area contributed by atoms with Crippen molar-refractivity contribution in [2.24, 2.45) is 0 Å². The van der Waals surface area contributed by atoms with Crippen molar-refractivity contribution in [1.29, 1.82) is 5.26 Å². The molecule has 1 aromatic carbocycles. The summed E-state index contributed by atoms with van der Waals surface area (Å²) in [6.45, 7) is 6.89. The molecule has 4 aromatic rings. The Morgan fingerprint density at radius 2 is 1.92 bits per heavy atom. The van der Waals surface area contributed by atoms with Gasteiger partial charge in [0, 0.05) is 53.0 Å². The number of nitrogens with one attached hydrogen (secondary N) is 3. The number of hydrogen-bond acceptors (Lipinski definition) is 6. The summed E-state index contributed by atoms with van der Waals surface area (Å²) < 4.78 is 0. The molecule has 0 aliphatic heterocycles. The Kier molecular flexibility index (Phi) is 8.11. The van der Waals surface area contributed by atoms with Gasteiger partial charge in [0.1, 0.15) is 6.07 Å². The number of fused-ring (bicyclic) bond motifs is 1. The van der Waals surface area contributed by atoms with Crippen molar-refractivity contribution in [3.63, 3.8) is 0 Å². The summed E-state index contributed by atoms with van der Waals surface area (Å²) in [5, 5.41) is 17.9. The Morgan fingerprint density at radius 1 is 1.06 bits per heavy atom. The van der Waals surface area contributed by atoms with E-state index in [0.717, 1.165) is 76.4 Å². The highest BCUT2D eigenvalue weighted by Crippen LogP contribution is 2.32. The minimum Gasteiger partial charge on any atom is -0.361 e. The first kappa shape index (κ1) is 25.1. The largest absolute Gasteiger partial charge is 0.361 e. The average molecular weight is 480 g/mol. The molecule has 7 nitrogen and oxygen atoms in total. The third-order valence-corrected chi connectivity index (χ3v) is 6.26.